The predicted octanol–water partition coefficient (Wildman–Crippen LogP) is 0.104. The Hall–Kier alpha value is -1.46. The van der Waals surface area contributed by atoms with Gasteiger partial charge in [0.05, 0.1) is 6.61 Å². The van der Waals surface area contributed by atoms with Crippen molar-refractivity contribution < 1.29 is 14.3 Å². The zero-order valence-electron chi connectivity index (χ0n) is 9.06. The first-order chi connectivity index (χ1) is 7.54. The minimum absolute atomic E-state index is 0.268. The zero-order chi connectivity index (χ0) is 12.1. The number of nitrogens with two attached hydrogens (primary N) is 1. The van der Waals surface area contributed by atoms with Gasteiger partial charge in [-0.2, -0.15) is 0 Å². The molecule has 0 aliphatic carbocycles. The monoisotopic (exact) mass is 226 g/mol. The van der Waals surface area contributed by atoms with Gasteiger partial charge in [0.25, 0.3) is 0 Å². The number of nitrogens with zero attached hydrogens (tertiary/aromatic N) is 1. The van der Waals surface area contributed by atoms with E-state index < -0.39 is 12.6 Å². The van der Waals surface area contributed by atoms with Crippen LogP contribution in [0.25, 0.3) is 0 Å². The molecule has 1 rings (SSSR count). The molecule has 5 heteroatoms. The van der Waals surface area contributed by atoms with Crippen molar-refractivity contribution in [2.75, 3.05) is 13.7 Å². The van der Waals surface area contributed by atoms with Gasteiger partial charge in [-0.1, -0.05) is 12.1 Å². The lowest BCUT2D eigenvalue weighted by atomic mass is 10.2. The topological polar surface area (TPSA) is 66.6 Å². The molecule has 3 N–H and O–H groups in total. The van der Waals surface area contributed by atoms with Crippen LogP contribution in [-0.2, 0) is 11.3 Å². The van der Waals surface area contributed by atoms with E-state index >= 15 is 0 Å². The standard InChI is InChI=1S/C11H15FN2O2/c1-14(11(16)10(13)7-15)6-8-3-2-4-9(12)5-8/h2-5,10,15H,6-7,13H2,1H3. The summed E-state index contributed by atoms with van der Waals surface area (Å²) in [6.07, 6.45) is 0. The second-order valence-electron chi connectivity index (χ2n) is 3.61. The number of halogens is 1. The molecule has 0 saturated carbocycles. The van der Waals surface area contributed by atoms with E-state index in [1.165, 1.54) is 17.0 Å². The molecule has 88 valence electrons. The van der Waals surface area contributed by atoms with Crippen molar-refractivity contribution in [1.29, 1.82) is 0 Å². The van der Waals surface area contributed by atoms with Crippen LogP contribution in [0.1, 0.15) is 5.56 Å². The number of rotatable bonds is 4. The fourth-order valence-corrected chi connectivity index (χ4v) is 1.35. The predicted molar refractivity (Wildman–Crippen MR) is 57.9 cm³/mol. The van der Waals surface area contributed by atoms with Gasteiger partial charge >= 0.3 is 0 Å². The number of aliphatic hydroxyl groups is 1. The largest absolute Gasteiger partial charge is 0.394 e. The van der Waals surface area contributed by atoms with Gasteiger partial charge in [-0.3, -0.25) is 4.79 Å². The number of benzene rings is 1. The fraction of sp³-hybridized carbons (Fsp3) is 0.364. The second-order valence-corrected chi connectivity index (χ2v) is 3.61. The van der Waals surface area contributed by atoms with Crippen molar-refractivity contribution in [3.8, 4) is 0 Å². The Morgan fingerprint density at radius 3 is 2.88 bits per heavy atom. The molecule has 0 spiro atoms. The first kappa shape index (κ1) is 12.6. The molecule has 0 radical (unpaired) electrons. The lowest BCUT2D eigenvalue weighted by Gasteiger charge is -2.20. The molecule has 0 heterocycles. The molecule has 4 nitrogen and oxygen atoms in total. The summed E-state index contributed by atoms with van der Waals surface area (Å²) < 4.78 is 12.9. The van der Waals surface area contributed by atoms with Crippen molar-refractivity contribution in [3.05, 3.63) is 35.6 Å². The number of amides is 1. The molecule has 0 aliphatic rings. The highest BCUT2D eigenvalue weighted by Gasteiger charge is 2.16. The Morgan fingerprint density at radius 1 is 1.62 bits per heavy atom. The molecule has 0 saturated heterocycles. The van der Waals surface area contributed by atoms with Crippen molar-refractivity contribution in [2.45, 2.75) is 12.6 Å². The van der Waals surface area contributed by atoms with E-state index in [0.29, 0.717) is 5.56 Å². The molecule has 16 heavy (non-hydrogen) atoms. The maximum absolute atomic E-state index is 12.9. The molecular formula is C11H15FN2O2. The molecule has 1 atom stereocenters. The van der Waals surface area contributed by atoms with Crippen molar-refractivity contribution in [3.63, 3.8) is 0 Å². The van der Waals surface area contributed by atoms with E-state index in [9.17, 15) is 9.18 Å². The summed E-state index contributed by atoms with van der Waals surface area (Å²) in [6.45, 7) is -0.128. The van der Waals surface area contributed by atoms with Crippen LogP contribution in [0.5, 0.6) is 0 Å². The number of aliphatic hydroxyl groups excluding tert-OH is 1. The van der Waals surface area contributed by atoms with E-state index in [4.69, 9.17) is 10.8 Å². The maximum Gasteiger partial charge on any atom is 0.241 e. The van der Waals surface area contributed by atoms with E-state index in [2.05, 4.69) is 0 Å². The van der Waals surface area contributed by atoms with Gasteiger partial charge in [-0.05, 0) is 17.7 Å². The molecule has 1 amide bonds. The number of carbonyl (C=O) groups excluding carboxylic acids is 1. The van der Waals surface area contributed by atoms with Gasteiger partial charge in [0.1, 0.15) is 11.9 Å². The molecule has 0 aliphatic heterocycles. The Balaban J connectivity index is 2.64. The van der Waals surface area contributed by atoms with E-state index in [-0.39, 0.29) is 18.3 Å². The van der Waals surface area contributed by atoms with Crippen molar-refractivity contribution in [1.82, 2.24) is 4.90 Å². The van der Waals surface area contributed by atoms with Crippen molar-refractivity contribution >= 4 is 5.91 Å². The average molecular weight is 226 g/mol. The van der Waals surface area contributed by atoms with Crippen LogP contribution in [0.3, 0.4) is 0 Å². The lowest BCUT2D eigenvalue weighted by molar-refractivity contribution is -0.132. The summed E-state index contributed by atoms with van der Waals surface area (Å²) >= 11 is 0. The van der Waals surface area contributed by atoms with Gasteiger partial charge in [0.2, 0.25) is 5.91 Å². The maximum atomic E-state index is 12.9. The highest BCUT2D eigenvalue weighted by molar-refractivity contribution is 5.81. The third-order valence-electron chi connectivity index (χ3n) is 2.20. The second kappa shape index (κ2) is 5.58. The summed E-state index contributed by atoms with van der Waals surface area (Å²) in [5.41, 5.74) is 6.07. The SMILES string of the molecule is CN(Cc1cccc(F)c1)C(=O)C(N)CO. The lowest BCUT2D eigenvalue weighted by Crippen LogP contribution is -2.43. The summed E-state index contributed by atoms with van der Waals surface area (Å²) in [6, 6.07) is 5.07. The minimum atomic E-state index is -0.918. The average Bonchev–Trinajstić information content (AvgIpc) is 2.27. The normalized spacial score (nSPS) is 12.2. The Kier molecular flexibility index (Phi) is 4.39. The third-order valence-corrected chi connectivity index (χ3v) is 2.20. The number of hydrogen-bond donors (Lipinski definition) is 2. The summed E-state index contributed by atoms with van der Waals surface area (Å²) in [4.78, 5) is 12.9. The molecule has 0 aromatic heterocycles. The van der Waals surface area contributed by atoms with Gasteiger partial charge < -0.3 is 15.7 Å². The Bertz CT molecular complexity index is 371. The Labute approximate surface area is 93.5 Å². The van der Waals surface area contributed by atoms with Crippen LogP contribution in [-0.4, -0.2) is 35.6 Å². The first-order valence-electron chi connectivity index (χ1n) is 4.90. The smallest absolute Gasteiger partial charge is 0.241 e. The first-order valence-corrected chi connectivity index (χ1v) is 4.90. The van der Waals surface area contributed by atoms with Crippen LogP contribution < -0.4 is 5.73 Å². The number of likely N-dealkylation sites (N-methyl/N-ethyl adjacent to an activating group) is 1. The summed E-state index contributed by atoms with van der Waals surface area (Å²) in [5.74, 6) is -0.712. The van der Waals surface area contributed by atoms with Crippen LogP contribution in [0, 0.1) is 5.82 Å². The summed E-state index contributed by atoms with van der Waals surface area (Å²) in [5, 5.41) is 8.73. The van der Waals surface area contributed by atoms with Gasteiger partial charge in [-0.15, -0.1) is 0 Å². The van der Waals surface area contributed by atoms with Crippen LogP contribution in [0.4, 0.5) is 4.39 Å². The van der Waals surface area contributed by atoms with Crippen molar-refractivity contribution in [2.24, 2.45) is 5.73 Å². The quantitative estimate of drug-likeness (QED) is 0.765. The molecule has 1 aromatic rings. The van der Waals surface area contributed by atoms with E-state index in [0.717, 1.165) is 0 Å². The van der Waals surface area contributed by atoms with E-state index in [1.54, 1.807) is 19.2 Å². The van der Waals surface area contributed by atoms with Gasteiger partial charge in [0, 0.05) is 13.6 Å². The molecule has 1 aromatic carbocycles. The molecular weight excluding hydrogens is 211 g/mol. The highest BCUT2D eigenvalue weighted by atomic mass is 19.1. The zero-order valence-corrected chi connectivity index (χ0v) is 9.06. The molecule has 0 bridgehead atoms. The third kappa shape index (κ3) is 3.29. The van der Waals surface area contributed by atoms with Crippen LogP contribution >= 0.6 is 0 Å². The van der Waals surface area contributed by atoms with Gasteiger partial charge in [0.15, 0.2) is 0 Å². The molecule has 1 unspecified atom stereocenters. The number of hydrogen-bond acceptors (Lipinski definition) is 3. The summed E-state index contributed by atoms with van der Waals surface area (Å²) in [7, 11) is 1.56. The minimum Gasteiger partial charge on any atom is -0.394 e. The molecule has 0 fully saturated rings. The highest BCUT2D eigenvalue weighted by Crippen LogP contribution is 2.06. The van der Waals surface area contributed by atoms with Gasteiger partial charge in [-0.25, -0.2) is 4.39 Å². The fourth-order valence-electron chi connectivity index (χ4n) is 1.35. The van der Waals surface area contributed by atoms with E-state index in [1.807, 2.05) is 0 Å². The number of carbonyl (C=O) groups is 1. The Morgan fingerprint density at radius 2 is 2.31 bits per heavy atom. The van der Waals surface area contributed by atoms with Crippen LogP contribution in [0.2, 0.25) is 0 Å². The van der Waals surface area contributed by atoms with Crippen LogP contribution in [0.15, 0.2) is 24.3 Å².